The van der Waals surface area contributed by atoms with Crippen molar-refractivity contribution in [2.45, 2.75) is 20.8 Å². The smallest absolute Gasteiger partial charge is 0.341 e. The quantitative estimate of drug-likeness (QED) is 0.271. The molecule has 3 aromatic rings. The number of carbonyl (C=O) groups excluding carboxylic acids is 2. The summed E-state index contributed by atoms with van der Waals surface area (Å²) in [5.74, 6) is -1.08. The van der Waals surface area contributed by atoms with Gasteiger partial charge < -0.3 is 14.6 Å². The zero-order valence-electron chi connectivity index (χ0n) is 17.2. The maximum absolute atomic E-state index is 12.9. The van der Waals surface area contributed by atoms with Crippen LogP contribution in [0.3, 0.4) is 0 Å². The van der Waals surface area contributed by atoms with Gasteiger partial charge in [0.2, 0.25) is 0 Å². The number of halogens is 1. The van der Waals surface area contributed by atoms with E-state index in [4.69, 9.17) is 4.74 Å². The van der Waals surface area contributed by atoms with Crippen molar-refractivity contribution in [3.63, 3.8) is 0 Å². The molecule has 0 saturated heterocycles. The summed E-state index contributed by atoms with van der Waals surface area (Å²) >= 11 is 4.69. The number of rotatable bonds is 6. The van der Waals surface area contributed by atoms with Crippen LogP contribution in [0, 0.1) is 25.2 Å². The molecule has 0 fully saturated rings. The number of esters is 1. The lowest BCUT2D eigenvalue weighted by atomic mass is 10.1. The van der Waals surface area contributed by atoms with E-state index in [2.05, 4.69) is 21.2 Å². The Morgan fingerprint density at radius 3 is 2.61 bits per heavy atom. The second kappa shape index (κ2) is 9.77. The van der Waals surface area contributed by atoms with Gasteiger partial charge in [-0.05, 0) is 68.8 Å². The third-order valence-corrected chi connectivity index (χ3v) is 6.29. The van der Waals surface area contributed by atoms with Gasteiger partial charge in [-0.1, -0.05) is 15.9 Å². The van der Waals surface area contributed by atoms with E-state index >= 15 is 0 Å². The molecule has 0 aliphatic rings. The molecule has 0 spiro atoms. The summed E-state index contributed by atoms with van der Waals surface area (Å²) in [6.07, 6.45) is 3.38. The molecule has 158 valence electrons. The Balaban J connectivity index is 1.91. The van der Waals surface area contributed by atoms with E-state index in [-0.39, 0.29) is 12.2 Å². The fraction of sp³-hybridized carbons (Fsp3) is 0.174. The van der Waals surface area contributed by atoms with Crippen LogP contribution in [0.25, 0.3) is 11.8 Å². The van der Waals surface area contributed by atoms with Gasteiger partial charge >= 0.3 is 5.97 Å². The average molecular weight is 498 g/mol. The van der Waals surface area contributed by atoms with Crippen molar-refractivity contribution in [2.75, 3.05) is 11.9 Å². The van der Waals surface area contributed by atoms with Crippen molar-refractivity contribution in [3.05, 3.63) is 74.3 Å². The predicted octanol–water partition coefficient (Wildman–Crippen LogP) is 5.64. The normalized spacial score (nSPS) is 11.1. The summed E-state index contributed by atoms with van der Waals surface area (Å²) in [7, 11) is 0. The van der Waals surface area contributed by atoms with Gasteiger partial charge in [0.05, 0.1) is 12.2 Å². The van der Waals surface area contributed by atoms with Crippen molar-refractivity contribution in [2.24, 2.45) is 0 Å². The highest BCUT2D eigenvalue weighted by Gasteiger charge is 2.23. The molecule has 6 nitrogen and oxygen atoms in total. The topological polar surface area (TPSA) is 84.1 Å². The van der Waals surface area contributed by atoms with E-state index in [0.717, 1.165) is 20.6 Å². The van der Waals surface area contributed by atoms with E-state index < -0.39 is 11.9 Å². The number of hydrogen-bond acceptors (Lipinski definition) is 5. The second-order valence-electron chi connectivity index (χ2n) is 6.61. The number of ether oxygens (including phenoxy) is 1. The van der Waals surface area contributed by atoms with Gasteiger partial charge in [0.25, 0.3) is 5.91 Å². The van der Waals surface area contributed by atoms with Crippen molar-refractivity contribution in [1.82, 2.24) is 4.57 Å². The van der Waals surface area contributed by atoms with Crippen LogP contribution in [0.4, 0.5) is 5.00 Å². The molecule has 0 aliphatic heterocycles. The van der Waals surface area contributed by atoms with Crippen LogP contribution in [0.15, 0.2) is 52.6 Å². The zero-order valence-corrected chi connectivity index (χ0v) is 19.6. The van der Waals surface area contributed by atoms with Crippen LogP contribution in [-0.4, -0.2) is 23.1 Å². The van der Waals surface area contributed by atoms with Crippen molar-refractivity contribution < 1.29 is 14.3 Å². The summed E-state index contributed by atoms with van der Waals surface area (Å²) < 4.78 is 7.95. The highest BCUT2D eigenvalue weighted by molar-refractivity contribution is 9.10. The number of hydrogen-bond donors (Lipinski definition) is 1. The lowest BCUT2D eigenvalue weighted by Crippen LogP contribution is -2.16. The molecular weight excluding hydrogens is 478 g/mol. The summed E-state index contributed by atoms with van der Waals surface area (Å²) in [4.78, 5) is 26.1. The van der Waals surface area contributed by atoms with Gasteiger partial charge in [-0.25, -0.2) is 4.79 Å². The third kappa shape index (κ3) is 4.95. The lowest BCUT2D eigenvalue weighted by molar-refractivity contribution is -0.112. The van der Waals surface area contributed by atoms with Crippen molar-refractivity contribution >= 4 is 50.2 Å². The predicted molar refractivity (Wildman–Crippen MR) is 125 cm³/mol. The number of anilines is 1. The van der Waals surface area contributed by atoms with Gasteiger partial charge in [-0.3, -0.25) is 4.79 Å². The highest BCUT2D eigenvalue weighted by Crippen LogP contribution is 2.33. The summed E-state index contributed by atoms with van der Waals surface area (Å²) in [6, 6.07) is 13.3. The number of carbonyl (C=O) groups is 2. The monoisotopic (exact) mass is 497 g/mol. The molecule has 2 heterocycles. The highest BCUT2D eigenvalue weighted by atomic mass is 79.9. The molecule has 2 aromatic heterocycles. The van der Waals surface area contributed by atoms with Gasteiger partial charge in [0.1, 0.15) is 16.6 Å². The lowest BCUT2D eigenvalue weighted by Gasteiger charge is -2.08. The Labute approximate surface area is 192 Å². The minimum atomic E-state index is -0.585. The number of thiophene rings is 1. The first kappa shape index (κ1) is 22.5. The Hall–Kier alpha value is -3.15. The van der Waals surface area contributed by atoms with Crippen molar-refractivity contribution in [1.29, 1.82) is 5.26 Å². The van der Waals surface area contributed by atoms with Crippen LogP contribution in [0.5, 0.6) is 0 Å². The van der Waals surface area contributed by atoms with Gasteiger partial charge in [0.15, 0.2) is 0 Å². The SMILES string of the molecule is CCOC(=O)c1c(NC(=O)/C(C#N)=C/c2cccn2-c2ccc(Br)cc2)sc(C)c1C. The zero-order chi connectivity index (χ0) is 22.5. The minimum Gasteiger partial charge on any atom is -0.462 e. The molecule has 31 heavy (non-hydrogen) atoms. The fourth-order valence-corrected chi connectivity index (χ4v) is 4.29. The molecule has 0 atom stereocenters. The number of nitrogens with zero attached hydrogens (tertiary/aromatic N) is 2. The minimum absolute atomic E-state index is 0.0735. The van der Waals surface area contributed by atoms with Crippen LogP contribution in [0.1, 0.15) is 33.4 Å². The Bertz CT molecular complexity index is 1200. The Kier molecular flexibility index (Phi) is 7.10. The fourth-order valence-electron chi connectivity index (χ4n) is 2.98. The molecule has 1 amide bonds. The second-order valence-corrected chi connectivity index (χ2v) is 8.75. The molecule has 0 saturated carbocycles. The maximum Gasteiger partial charge on any atom is 0.341 e. The standard InChI is InChI=1S/C23H20BrN3O3S/c1-4-30-23(29)20-14(2)15(3)31-22(20)26-21(28)16(13-25)12-19-6-5-11-27(19)18-9-7-17(24)8-10-18/h5-12H,4H2,1-3H3,(H,26,28)/b16-12+. The number of aromatic nitrogens is 1. The molecular formula is C23H20BrN3O3S. The number of nitrogens with one attached hydrogen (secondary N) is 1. The molecule has 0 aliphatic carbocycles. The number of nitriles is 1. The van der Waals surface area contributed by atoms with Crippen molar-refractivity contribution in [3.8, 4) is 11.8 Å². The molecule has 3 rings (SSSR count). The maximum atomic E-state index is 12.9. The molecule has 1 aromatic carbocycles. The van der Waals surface area contributed by atoms with E-state index in [1.807, 2.05) is 60.2 Å². The molecule has 0 unspecified atom stereocenters. The first-order valence-corrected chi connectivity index (χ1v) is 11.1. The number of aryl methyl sites for hydroxylation is 1. The molecule has 0 radical (unpaired) electrons. The summed E-state index contributed by atoms with van der Waals surface area (Å²) in [6.45, 7) is 5.63. The van der Waals surface area contributed by atoms with Gasteiger partial charge in [0, 0.05) is 26.9 Å². The number of amides is 1. The third-order valence-electron chi connectivity index (χ3n) is 4.63. The van der Waals surface area contributed by atoms with Crippen LogP contribution >= 0.6 is 27.3 Å². The average Bonchev–Trinajstić information content (AvgIpc) is 3.31. The van der Waals surface area contributed by atoms with Gasteiger partial charge in [-0.15, -0.1) is 11.3 Å². The molecule has 0 bridgehead atoms. The van der Waals surface area contributed by atoms with E-state index in [1.54, 1.807) is 13.8 Å². The first-order valence-electron chi connectivity index (χ1n) is 9.49. The molecule has 1 N–H and O–H groups in total. The number of benzene rings is 1. The Morgan fingerprint density at radius 2 is 1.97 bits per heavy atom. The van der Waals surface area contributed by atoms with Crippen LogP contribution in [-0.2, 0) is 9.53 Å². The van der Waals surface area contributed by atoms with Crippen LogP contribution < -0.4 is 5.32 Å². The van der Waals surface area contributed by atoms with E-state index in [1.165, 1.54) is 17.4 Å². The Morgan fingerprint density at radius 1 is 1.26 bits per heavy atom. The van der Waals surface area contributed by atoms with Gasteiger partial charge in [-0.2, -0.15) is 5.26 Å². The summed E-state index contributed by atoms with van der Waals surface area (Å²) in [5.41, 5.74) is 2.58. The van der Waals surface area contributed by atoms with E-state index in [9.17, 15) is 14.9 Å². The summed E-state index contributed by atoms with van der Waals surface area (Å²) in [5, 5.41) is 12.7. The van der Waals surface area contributed by atoms with E-state index in [0.29, 0.717) is 16.3 Å². The molecule has 8 heteroatoms. The first-order chi connectivity index (χ1) is 14.8. The largest absolute Gasteiger partial charge is 0.462 e. The van der Waals surface area contributed by atoms with Crippen LogP contribution in [0.2, 0.25) is 0 Å².